The largest absolute Gasteiger partial charge is 0.384 e. The van der Waals surface area contributed by atoms with Crippen molar-refractivity contribution in [1.29, 1.82) is 0 Å². The first-order valence-corrected chi connectivity index (χ1v) is 5.97. The maximum absolute atomic E-state index is 5.59. The molecule has 1 aliphatic heterocycles. The van der Waals surface area contributed by atoms with E-state index in [4.69, 9.17) is 5.73 Å². The number of nitrogens with one attached hydrogen (secondary N) is 1. The van der Waals surface area contributed by atoms with Crippen molar-refractivity contribution in [2.45, 2.75) is 18.1 Å². The summed E-state index contributed by atoms with van der Waals surface area (Å²) in [6.07, 6.45) is 2.67. The van der Waals surface area contributed by atoms with E-state index >= 15 is 0 Å². The lowest BCUT2D eigenvalue weighted by molar-refractivity contribution is 0.803. The molecule has 1 aromatic rings. The van der Waals surface area contributed by atoms with Gasteiger partial charge in [0.1, 0.15) is 11.6 Å². The average molecular weight is 209 g/mol. The van der Waals surface area contributed by atoms with Gasteiger partial charge in [0.05, 0.1) is 0 Å². The van der Waals surface area contributed by atoms with Crippen LogP contribution in [0.25, 0.3) is 0 Å². The van der Waals surface area contributed by atoms with E-state index in [1.807, 2.05) is 23.9 Å². The van der Waals surface area contributed by atoms with Crippen LogP contribution in [0, 0.1) is 0 Å². The summed E-state index contributed by atoms with van der Waals surface area (Å²) in [4.78, 5) is 4.19. The minimum atomic E-state index is 0.578. The van der Waals surface area contributed by atoms with Crippen LogP contribution in [0.4, 0.5) is 11.6 Å². The first kappa shape index (κ1) is 9.65. The lowest BCUT2D eigenvalue weighted by atomic mass is 10.2. The second-order valence-corrected chi connectivity index (χ2v) is 4.87. The average Bonchev–Trinajstić information content (AvgIpc) is 2.67. The molecule has 3 N–H and O–H groups in total. The summed E-state index contributed by atoms with van der Waals surface area (Å²) in [5.74, 6) is 2.77. The van der Waals surface area contributed by atoms with Crippen LogP contribution in [0.3, 0.4) is 0 Å². The van der Waals surface area contributed by atoms with Gasteiger partial charge >= 0.3 is 0 Å². The van der Waals surface area contributed by atoms with Gasteiger partial charge in [-0.2, -0.15) is 11.8 Å². The predicted molar refractivity (Wildman–Crippen MR) is 62.6 cm³/mol. The quantitative estimate of drug-likeness (QED) is 0.799. The number of aromatic nitrogens is 1. The standard InChI is InChI=1S/C10H15N3S/c11-9-4-1-5-10(13-9)12-7-8-3-2-6-14-8/h1,4-5,8H,2-3,6-7H2,(H3,11,12,13). The molecule has 0 radical (unpaired) electrons. The van der Waals surface area contributed by atoms with Crippen LogP contribution in [-0.4, -0.2) is 22.5 Å². The van der Waals surface area contributed by atoms with Crippen LogP contribution in [0.5, 0.6) is 0 Å². The van der Waals surface area contributed by atoms with E-state index < -0.39 is 0 Å². The molecule has 1 saturated heterocycles. The highest BCUT2D eigenvalue weighted by molar-refractivity contribution is 8.00. The Kier molecular flexibility index (Phi) is 3.14. The summed E-state index contributed by atoms with van der Waals surface area (Å²) in [5, 5.41) is 4.06. The molecule has 2 heterocycles. The second-order valence-electron chi connectivity index (χ2n) is 3.46. The molecule has 0 bridgehead atoms. The highest BCUT2D eigenvalue weighted by Crippen LogP contribution is 2.26. The van der Waals surface area contributed by atoms with E-state index in [1.165, 1.54) is 18.6 Å². The monoisotopic (exact) mass is 209 g/mol. The summed E-state index contributed by atoms with van der Waals surface area (Å²) >= 11 is 2.04. The summed E-state index contributed by atoms with van der Waals surface area (Å²) < 4.78 is 0. The van der Waals surface area contributed by atoms with Gasteiger partial charge < -0.3 is 11.1 Å². The van der Waals surface area contributed by atoms with Crippen molar-refractivity contribution in [3.8, 4) is 0 Å². The third-order valence-corrected chi connectivity index (χ3v) is 3.70. The van der Waals surface area contributed by atoms with Crippen molar-refractivity contribution in [2.75, 3.05) is 23.3 Å². The van der Waals surface area contributed by atoms with Crippen LogP contribution < -0.4 is 11.1 Å². The Morgan fingerprint density at radius 2 is 2.50 bits per heavy atom. The number of anilines is 2. The first-order valence-electron chi connectivity index (χ1n) is 4.92. The Bertz CT molecular complexity index is 297. The molecule has 0 saturated carbocycles. The first-order chi connectivity index (χ1) is 6.84. The molecule has 0 aromatic carbocycles. The van der Waals surface area contributed by atoms with E-state index in [0.717, 1.165) is 17.6 Å². The van der Waals surface area contributed by atoms with Gasteiger partial charge in [-0.1, -0.05) is 6.07 Å². The summed E-state index contributed by atoms with van der Waals surface area (Å²) in [5.41, 5.74) is 5.59. The van der Waals surface area contributed by atoms with Gasteiger partial charge in [0.2, 0.25) is 0 Å². The van der Waals surface area contributed by atoms with Crippen molar-refractivity contribution in [3.05, 3.63) is 18.2 Å². The molecule has 4 heteroatoms. The fourth-order valence-electron chi connectivity index (χ4n) is 1.57. The van der Waals surface area contributed by atoms with Crippen LogP contribution in [0.1, 0.15) is 12.8 Å². The Balaban J connectivity index is 1.85. The van der Waals surface area contributed by atoms with Crippen molar-refractivity contribution in [2.24, 2.45) is 0 Å². The van der Waals surface area contributed by atoms with Gasteiger partial charge in [-0.25, -0.2) is 4.98 Å². The Morgan fingerprint density at radius 3 is 3.21 bits per heavy atom. The fraction of sp³-hybridized carbons (Fsp3) is 0.500. The fourth-order valence-corrected chi connectivity index (χ4v) is 2.77. The summed E-state index contributed by atoms with van der Waals surface area (Å²) in [6, 6.07) is 5.68. The molecular weight excluding hydrogens is 194 g/mol. The summed E-state index contributed by atoms with van der Waals surface area (Å²) in [6.45, 7) is 1.00. The van der Waals surface area contributed by atoms with Gasteiger partial charge in [0.25, 0.3) is 0 Å². The third kappa shape index (κ3) is 2.54. The number of thioether (sulfide) groups is 1. The topological polar surface area (TPSA) is 50.9 Å². The zero-order chi connectivity index (χ0) is 9.80. The highest BCUT2D eigenvalue weighted by Gasteiger charge is 2.14. The van der Waals surface area contributed by atoms with E-state index in [2.05, 4.69) is 10.3 Å². The van der Waals surface area contributed by atoms with Crippen molar-refractivity contribution >= 4 is 23.4 Å². The number of hydrogen-bond donors (Lipinski definition) is 2. The Labute approximate surface area is 88.5 Å². The molecule has 1 aromatic heterocycles. The molecular formula is C10H15N3S. The summed E-state index contributed by atoms with van der Waals surface area (Å²) in [7, 11) is 0. The zero-order valence-corrected chi connectivity index (χ0v) is 8.89. The van der Waals surface area contributed by atoms with E-state index in [-0.39, 0.29) is 0 Å². The lowest BCUT2D eigenvalue weighted by Crippen LogP contribution is -2.14. The minimum Gasteiger partial charge on any atom is -0.384 e. The third-order valence-electron chi connectivity index (χ3n) is 2.31. The van der Waals surface area contributed by atoms with Crippen molar-refractivity contribution in [1.82, 2.24) is 4.98 Å². The zero-order valence-electron chi connectivity index (χ0n) is 8.07. The van der Waals surface area contributed by atoms with Gasteiger partial charge in [-0.05, 0) is 30.7 Å². The molecule has 3 nitrogen and oxygen atoms in total. The van der Waals surface area contributed by atoms with Gasteiger partial charge in [0.15, 0.2) is 0 Å². The molecule has 1 atom stereocenters. The minimum absolute atomic E-state index is 0.578. The molecule has 76 valence electrons. The van der Waals surface area contributed by atoms with E-state index in [9.17, 15) is 0 Å². The molecule has 0 aliphatic carbocycles. The van der Waals surface area contributed by atoms with E-state index in [0.29, 0.717) is 5.82 Å². The van der Waals surface area contributed by atoms with Gasteiger partial charge in [-0.15, -0.1) is 0 Å². The van der Waals surface area contributed by atoms with Crippen molar-refractivity contribution < 1.29 is 0 Å². The Morgan fingerprint density at radius 1 is 1.57 bits per heavy atom. The van der Waals surface area contributed by atoms with E-state index in [1.54, 1.807) is 6.07 Å². The lowest BCUT2D eigenvalue weighted by Gasteiger charge is -2.10. The molecule has 14 heavy (non-hydrogen) atoms. The number of pyridine rings is 1. The van der Waals surface area contributed by atoms with Crippen LogP contribution in [0.2, 0.25) is 0 Å². The predicted octanol–water partition coefficient (Wildman–Crippen LogP) is 1.97. The SMILES string of the molecule is Nc1cccc(NCC2CCCS2)n1. The van der Waals surface area contributed by atoms with Crippen LogP contribution in [0.15, 0.2) is 18.2 Å². The molecule has 0 amide bonds. The second kappa shape index (κ2) is 4.55. The normalized spacial score (nSPS) is 21.0. The van der Waals surface area contributed by atoms with Crippen molar-refractivity contribution in [3.63, 3.8) is 0 Å². The molecule has 2 rings (SSSR count). The maximum Gasteiger partial charge on any atom is 0.128 e. The molecule has 1 fully saturated rings. The van der Waals surface area contributed by atoms with Gasteiger partial charge in [0, 0.05) is 11.8 Å². The number of nitrogens with zero attached hydrogens (tertiary/aromatic N) is 1. The van der Waals surface area contributed by atoms with Crippen LogP contribution >= 0.6 is 11.8 Å². The molecule has 1 aliphatic rings. The molecule has 0 spiro atoms. The number of nitrogens with two attached hydrogens (primary N) is 1. The molecule has 1 unspecified atom stereocenters. The maximum atomic E-state index is 5.59. The Hall–Kier alpha value is -0.900. The number of nitrogen functional groups attached to an aromatic ring is 1. The smallest absolute Gasteiger partial charge is 0.128 e. The highest BCUT2D eigenvalue weighted by atomic mass is 32.2. The van der Waals surface area contributed by atoms with Gasteiger partial charge in [-0.3, -0.25) is 0 Å². The van der Waals surface area contributed by atoms with Crippen LogP contribution in [-0.2, 0) is 0 Å². The number of rotatable bonds is 3. The number of hydrogen-bond acceptors (Lipinski definition) is 4.